The summed E-state index contributed by atoms with van der Waals surface area (Å²) in [5, 5.41) is 0. The lowest BCUT2D eigenvalue weighted by Crippen LogP contribution is -2.06. The van der Waals surface area contributed by atoms with E-state index < -0.39 is 0 Å². The molecule has 2 aromatic rings. The monoisotopic (exact) mass is 176 g/mol. The lowest BCUT2D eigenvalue weighted by Gasteiger charge is -2.00. The van der Waals surface area contributed by atoms with Gasteiger partial charge in [-0.25, -0.2) is 4.98 Å². The highest BCUT2D eigenvalue weighted by atomic mass is 15.2. The summed E-state index contributed by atoms with van der Waals surface area (Å²) in [7, 11) is 0. The van der Waals surface area contributed by atoms with Crippen LogP contribution in [-0.2, 0) is 0 Å². The number of nitrogens with two attached hydrogens (primary N) is 1. The molecule has 0 aliphatic heterocycles. The van der Waals surface area contributed by atoms with E-state index in [2.05, 4.69) is 19.9 Å². The highest BCUT2D eigenvalue weighted by molar-refractivity contribution is 5.22. The summed E-state index contributed by atoms with van der Waals surface area (Å²) in [4.78, 5) is 15.8. The van der Waals surface area contributed by atoms with Crippen LogP contribution >= 0.6 is 0 Å². The fourth-order valence-corrected chi connectivity index (χ4v) is 0.981. The predicted molar refractivity (Wildman–Crippen MR) is 46.1 cm³/mol. The van der Waals surface area contributed by atoms with Crippen molar-refractivity contribution < 1.29 is 0 Å². The van der Waals surface area contributed by atoms with Gasteiger partial charge in [-0.15, -0.1) is 0 Å². The Bertz CT molecular complexity index is 387. The van der Waals surface area contributed by atoms with Gasteiger partial charge in [0.2, 0.25) is 11.9 Å². The fraction of sp³-hybridized carbons (Fsp3) is 0.143. The van der Waals surface area contributed by atoms with Gasteiger partial charge in [0.1, 0.15) is 12.2 Å². The van der Waals surface area contributed by atoms with Gasteiger partial charge in [-0.2, -0.15) is 15.0 Å². The molecule has 0 aliphatic rings. The summed E-state index contributed by atoms with van der Waals surface area (Å²) < 4.78 is 1.67. The summed E-state index contributed by atoms with van der Waals surface area (Å²) in [5.41, 5.74) is 5.47. The lowest BCUT2D eigenvalue weighted by molar-refractivity contribution is 0.874. The molecule has 6 heteroatoms. The molecule has 0 bridgehead atoms. The van der Waals surface area contributed by atoms with Gasteiger partial charge in [0, 0.05) is 12.4 Å². The molecular formula is C7H8N6. The van der Waals surface area contributed by atoms with Crippen molar-refractivity contribution in [2.75, 3.05) is 5.73 Å². The first-order chi connectivity index (χ1) is 6.25. The Morgan fingerprint density at radius 3 is 2.77 bits per heavy atom. The van der Waals surface area contributed by atoms with Crippen molar-refractivity contribution in [3.8, 4) is 5.95 Å². The van der Waals surface area contributed by atoms with Gasteiger partial charge in [-0.3, -0.25) is 4.57 Å². The van der Waals surface area contributed by atoms with Gasteiger partial charge in [-0.05, 0) is 6.92 Å². The van der Waals surface area contributed by atoms with Crippen molar-refractivity contribution >= 4 is 5.95 Å². The second-order valence-corrected chi connectivity index (χ2v) is 2.51. The predicted octanol–water partition coefficient (Wildman–Crippen LogP) is -0.0521. The number of nitrogen functional groups attached to an aromatic ring is 1. The highest BCUT2D eigenvalue weighted by Crippen LogP contribution is 2.01. The van der Waals surface area contributed by atoms with Crippen LogP contribution in [0.1, 0.15) is 5.82 Å². The van der Waals surface area contributed by atoms with E-state index in [0.717, 1.165) is 0 Å². The molecule has 6 nitrogen and oxygen atoms in total. The van der Waals surface area contributed by atoms with Crippen molar-refractivity contribution in [2.24, 2.45) is 0 Å². The van der Waals surface area contributed by atoms with E-state index in [1.54, 1.807) is 30.2 Å². The zero-order chi connectivity index (χ0) is 9.26. The molecule has 2 aromatic heterocycles. The van der Waals surface area contributed by atoms with Crippen molar-refractivity contribution in [3.63, 3.8) is 0 Å². The van der Waals surface area contributed by atoms with E-state index in [-0.39, 0.29) is 5.95 Å². The maximum atomic E-state index is 5.47. The Labute approximate surface area is 74.5 Å². The summed E-state index contributed by atoms with van der Waals surface area (Å²) in [6.45, 7) is 1.76. The number of aromatic nitrogens is 5. The number of imidazole rings is 1. The minimum absolute atomic E-state index is 0.219. The molecule has 2 rings (SSSR count). The Balaban J connectivity index is 2.53. The van der Waals surface area contributed by atoms with Crippen LogP contribution in [0.4, 0.5) is 5.95 Å². The van der Waals surface area contributed by atoms with E-state index >= 15 is 0 Å². The third-order valence-electron chi connectivity index (χ3n) is 1.49. The van der Waals surface area contributed by atoms with Crippen molar-refractivity contribution in [3.05, 3.63) is 24.5 Å². The van der Waals surface area contributed by atoms with Crippen LogP contribution in [-0.4, -0.2) is 24.5 Å². The first-order valence-corrected chi connectivity index (χ1v) is 3.72. The molecule has 0 unspecified atom stereocenters. The zero-order valence-electron chi connectivity index (χ0n) is 7.05. The molecule has 13 heavy (non-hydrogen) atoms. The Morgan fingerprint density at radius 1 is 1.31 bits per heavy atom. The molecule has 0 saturated heterocycles. The second kappa shape index (κ2) is 2.81. The molecule has 2 heterocycles. The van der Waals surface area contributed by atoms with E-state index in [1.807, 2.05) is 0 Å². The first-order valence-electron chi connectivity index (χ1n) is 3.72. The molecule has 0 spiro atoms. The zero-order valence-corrected chi connectivity index (χ0v) is 7.05. The molecule has 2 N–H and O–H groups in total. The van der Waals surface area contributed by atoms with Crippen LogP contribution in [0.5, 0.6) is 0 Å². The van der Waals surface area contributed by atoms with Crippen LogP contribution in [0, 0.1) is 6.92 Å². The van der Waals surface area contributed by atoms with E-state index in [1.165, 1.54) is 0 Å². The minimum Gasteiger partial charge on any atom is -0.368 e. The van der Waals surface area contributed by atoms with Crippen LogP contribution in [0.3, 0.4) is 0 Å². The maximum absolute atomic E-state index is 5.47. The normalized spacial score (nSPS) is 10.2. The van der Waals surface area contributed by atoms with Crippen molar-refractivity contribution in [1.29, 1.82) is 0 Å². The van der Waals surface area contributed by atoms with E-state index in [4.69, 9.17) is 5.73 Å². The number of aryl methyl sites for hydroxylation is 1. The van der Waals surface area contributed by atoms with Gasteiger partial charge >= 0.3 is 0 Å². The Hall–Kier alpha value is -1.98. The van der Waals surface area contributed by atoms with Gasteiger partial charge in [-0.1, -0.05) is 0 Å². The van der Waals surface area contributed by atoms with Crippen LogP contribution in [0.25, 0.3) is 5.95 Å². The number of anilines is 1. The van der Waals surface area contributed by atoms with Gasteiger partial charge in [0.05, 0.1) is 0 Å². The summed E-state index contributed by atoms with van der Waals surface area (Å²) in [5.74, 6) is 1.30. The average molecular weight is 176 g/mol. The van der Waals surface area contributed by atoms with Crippen molar-refractivity contribution in [2.45, 2.75) is 6.92 Å². The third kappa shape index (κ3) is 1.46. The maximum Gasteiger partial charge on any atom is 0.239 e. The smallest absolute Gasteiger partial charge is 0.239 e. The molecule has 0 saturated carbocycles. The van der Waals surface area contributed by atoms with E-state index in [0.29, 0.717) is 11.8 Å². The SMILES string of the molecule is Cc1nc(N)nc(-n2ccnc2)n1. The molecule has 0 radical (unpaired) electrons. The molecule has 66 valence electrons. The summed E-state index contributed by atoms with van der Waals surface area (Å²) in [6.07, 6.45) is 5.00. The molecule has 0 aromatic carbocycles. The van der Waals surface area contributed by atoms with Crippen LogP contribution < -0.4 is 5.73 Å². The highest BCUT2D eigenvalue weighted by Gasteiger charge is 2.01. The Morgan fingerprint density at radius 2 is 2.15 bits per heavy atom. The first kappa shape index (κ1) is 7.66. The van der Waals surface area contributed by atoms with Crippen LogP contribution in [0.2, 0.25) is 0 Å². The fourth-order valence-electron chi connectivity index (χ4n) is 0.981. The number of hydrogen-bond donors (Lipinski definition) is 1. The topological polar surface area (TPSA) is 82.5 Å². The molecule has 0 aliphatic carbocycles. The Kier molecular flexibility index (Phi) is 1.66. The second-order valence-electron chi connectivity index (χ2n) is 2.51. The summed E-state index contributed by atoms with van der Waals surface area (Å²) in [6, 6.07) is 0. The summed E-state index contributed by atoms with van der Waals surface area (Å²) >= 11 is 0. The molecule has 0 amide bonds. The molecule has 0 atom stereocenters. The third-order valence-corrected chi connectivity index (χ3v) is 1.49. The number of nitrogens with zero attached hydrogens (tertiary/aromatic N) is 5. The lowest BCUT2D eigenvalue weighted by atomic mass is 10.7. The number of rotatable bonds is 1. The van der Waals surface area contributed by atoms with Gasteiger partial charge in [0.15, 0.2) is 0 Å². The average Bonchev–Trinajstić information content (AvgIpc) is 2.53. The van der Waals surface area contributed by atoms with Crippen molar-refractivity contribution in [1.82, 2.24) is 24.5 Å². The van der Waals surface area contributed by atoms with Gasteiger partial charge < -0.3 is 5.73 Å². The standard InChI is InChI=1S/C7H8N6/c1-5-10-6(8)12-7(11-5)13-3-2-9-4-13/h2-4H,1H3,(H2,8,10,11,12). The number of hydrogen-bond acceptors (Lipinski definition) is 5. The molecule has 0 fully saturated rings. The quantitative estimate of drug-likeness (QED) is 0.658. The molecular weight excluding hydrogens is 168 g/mol. The minimum atomic E-state index is 0.219. The van der Waals surface area contributed by atoms with E-state index in [9.17, 15) is 0 Å². The van der Waals surface area contributed by atoms with Gasteiger partial charge in [0.25, 0.3) is 0 Å². The van der Waals surface area contributed by atoms with Crippen LogP contribution in [0.15, 0.2) is 18.7 Å². The largest absolute Gasteiger partial charge is 0.368 e.